The van der Waals surface area contributed by atoms with E-state index in [4.69, 9.17) is 9.84 Å². The zero-order valence-electron chi connectivity index (χ0n) is 13.9. The number of nitro groups is 1. The van der Waals surface area contributed by atoms with Crippen LogP contribution in [0.2, 0.25) is 0 Å². The number of non-ortho nitro benzene ring substituents is 1. The van der Waals surface area contributed by atoms with E-state index in [2.05, 4.69) is 0 Å². The number of nitro benzene ring substituents is 1. The van der Waals surface area contributed by atoms with Crippen LogP contribution in [0.4, 0.5) is 11.4 Å². The molecule has 1 N–H and O–H groups in total. The molecule has 9 nitrogen and oxygen atoms in total. The number of methoxy groups -OCH3 is 1. The minimum Gasteiger partial charge on any atom is -0.496 e. The number of hydrogen-bond acceptors (Lipinski definition) is 6. The molecule has 0 aliphatic heterocycles. The number of benzene rings is 2. The van der Waals surface area contributed by atoms with Crippen molar-refractivity contribution in [3.63, 3.8) is 0 Å². The summed E-state index contributed by atoms with van der Waals surface area (Å²) < 4.78 is 31.6. The Morgan fingerprint density at radius 3 is 2.50 bits per heavy atom. The van der Waals surface area contributed by atoms with Gasteiger partial charge in [-0.15, -0.1) is 0 Å². The largest absolute Gasteiger partial charge is 0.496 e. The van der Waals surface area contributed by atoms with Crippen molar-refractivity contribution >= 4 is 27.4 Å². The first-order valence-corrected chi connectivity index (χ1v) is 8.74. The van der Waals surface area contributed by atoms with E-state index in [1.165, 1.54) is 43.5 Å². The number of sulfonamides is 1. The maximum atomic E-state index is 13.0. The van der Waals surface area contributed by atoms with Crippen LogP contribution in [0.3, 0.4) is 0 Å². The van der Waals surface area contributed by atoms with Gasteiger partial charge in [0.2, 0.25) is 0 Å². The van der Waals surface area contributed by atoms with Gasteiger partial charge in [-0.2, -0.15) is 0 Å². The van der Waals surface area contributed by atoms with Gasteiger partial charge >= 0.3 is 5.97 Å². The van der Waals surface area contributed by atoms with E-state index in [0.717, 1.165) is 6.07 Å². The van der Waals surface area contributed by atoms with Crippen molar-refractivity contribution in [1.29, 1.82) is 0 Å². The van der Waals surface area contributed by atoms with Gasteiger partial charge in [-0.25, -0.2) is 8.42 Å². The Labute approximate surface area is 149 Å². The molecular weight excluding hydrogens is 364 g/mol. The van der Waals surface area contributed by atoms with Crippen LogP contribution in [-0.2, 0) is 14.8 Å². The fraction of sp³-hybridized carbons (Fsp3) is 0.188. The summed E-state index contributed by atoms with van der Waals surface area (Å²) in [5.41, 5.74) is 0.0805. The molecule has 0 aliphatic rings. The third kappa shape index (κ3) is 3.91. The topological polar surface area (TPSA) is 127 Å². The molecule has 0 amide bonds. The molecule has 2 aromatic rings. The maximum Gasteiger partial charge on any atom is 0.324 e. The number of aliphatic carboxylic acids is 1. The van der Waals surface area contributed by atoms with Gasteiger partial charge in [-0.3, -0.25) is 19.2 Å². The predicted octanol–water partition coefficient (Wildman–Crippen LogP) is 2.19. The number of ether oxygens (including phenoxy) is 1. The lowest BCUT2D eigenvalue weighted by Crippen LogP contribution is -2.35. The third-order valence-electron chi connectivity index (χ3n) is 3.56. The quantitative estimate of drug-likeness (QED) is 0.576. The highest BCUT2D eigenvalue weighted by atomic mass is 32.2. The molecule has 2 rings (SSSR count). The van der Waals surface area contributed by atoms with Crippen LogP contribution in [0.5, 0.6) is 5.75 Å². The number of rotatable bonds is 7. The van der Waals surface area contributed by atoms with Gasteiger partial charge < -0.3 is 9.84 Å². The van der Waals surface area contributed by atoms with Gasteiger partial charge in [-0.1, -0.05) is 6.07 Å². The van der Waals surface area contributed by atoms with E-state index in [0.29, 0.717) is 15.6 Å². The molecule has 0 saturated carbocycles. The highest BCUT2D eigenvalue weighted by molar-refractivity contribution is 7.92. The minimum atomic E-state index is -4.26. The number of carboxylic acids is 1. The molecule has 0 aromatic heterocycles. The standard InChI is InChI=1S/C16H16N2O7S/c1-11-8-14(6-7-15(11)25-2)26(23,24)17(10-16(19)20)12-4-3-5-13(9-12)18(21)22/h3-9H,10H2,1-2H3,(H,19,20). The molecule has 0 saturated heterocycles. The van der Waals surface area contributed by atoms with E-state index < -0.39 is 27.5 Å². The average Bonchev–Trinajstić information content (AvgIpc) is 2.59. The Balaban J connectivity index is 2.58. The van der Waals surface area contributed by atoms with Gasteiger partial charge in [0, 0.05) is 12.1 Å². The summed E-state index contributed by atoms with van der Waals surface area (Å²) >= 11 is 0. The summed E-state index contributed by atoms with van der Waals surface area (Å²) in [6, 6.07) is 8.87. The second kappa shape index (κ2) is 7.40. The van der Waals surface area contributed by atoms with E-state index in [1.54, 1.807) is 6.92 Å². The van der Waals surface area contributed by atoms with Crippen LogP contribution < -0.4 is 9.04 Å². The molecule has 0 spiro atoms. The highest BCUT2D eigenvalue weighted by Crippen LogP contribution is 2.29. The summed E-state index contributed by atoms with van der Waals surface area (Å²) in [5, 5.41) is 20.1. The number of hydrogen-bond donors (Lipinski definition) is 1. The molecule has 0 unspecified atom stereocenters. The van der Waals surface area contributed by atoms with Crippen LogP contribution in [0.15, 0.2) is 47.4 Å². The van der Waals surface area contributed by atoms with Crippen LogP contribution in [0.1, 0.15) is 5.56 Å². The molecule has 26 heavy (non-hydrogen) atoms. The first kappa shape index (κ1) is 19.2. The SMILES string of the molecule is COc1ccc(S(=O)(=O)N(CC(=O)O)c2cccc([N+](=O)[O-])c2)cc1C. The normalized spacial score (nSPS) is 11.0. The van der Waals surface area contributed by atoms with Crippen molar-refractivity contribution in [1.82, 2.24) is 0 Å². The Bertz CT molecular complexity index is 957. The lowest BCUT2D eigenvalue weighted by Gasteiger charge is -2.23. The van der Waals surface area contributed by atoms with E-state index in [-0.39, 0.29) is 16.3 Å². The monoisotopic (exact) mass is 380 g/mol. The molecule has 0 heterocycles. The van der Waals surface area contributed by atoms with Crippen molar-refractivity contribution in [3.05, 3.63) is 58.1 Å². The number of aryl methyl sites for hydroxylation is 1. The highest BCUT2D eigenvalue weighted by Gasteiger charge is 2.28. The fourth-order valence-electron chi connectivity index (χ4n) is 2.34. The summed E-state index contributed by atoms with van der Waals surface area (Å²) in [5.74, 6) is -0.922. The molecular formula is C16H16N2O7S. The van der Waals surface area contributed by atoms with E-state index >= 15 is 0 Å². The second-order valence-corrected chi connectivity index (χ2v) is 7.18. The smallest absolute Gasteiger partial charge is 0.324 e. The maximum absolute atomic E-state index is 13.0. The average molecular weight is 380 g/mol. The first-order chi connectivity index (χ1) is 12.2. The Morgan fingerprint density at radius 2 is 1.96 bits per heavy atom. The van der Waals surface area contributed by atoms with E-state index in [9.17, 15) is 23.3 Å². The third-order valence-corrected chi connectivity index (χ3v) is 5.33. The summed E-state index contributed by atoms with van der Waals surface area (Å²) in [6.45, 7) is 0.765. The van der Waals surface area contributed by atoms with Gasteiger partial charge in [0.25, 0.3) is 15.7 Å². The van der Waals surface area contributed by atoms with Crippen molar-refractivity contribution in [2.75, 3.05) is 18.0 Å². The van der Waals surface area contributed by atoms with Gasteiger partial charge in [0.15, 0.2) is 0 Å². The zero-order chi connectivity index (χ0) is 19.5. The molecule has 2 aromatic carbocycles. The molecule has 0 bridgehead atoms. The predicted molar refractivity (Wildman–Crippen MR) is 93.0 cm³/mol. The van der Waals surface area contributed by atoms with Crippen LogP contribution in [-0.4, -0.2) is 38.1 Å². The van der Waals surface area contributed by atoms with Gasteiger partial charge in [0.05, 0.1) is 22.6 Å². The number of carbonyl (C=O) groups is 1. The van der Waals surface area contributed by atoms with Crippen molar-refractivity contribution in [3.8, 4) is 5.75 Å². The molecule has 138 valence electrons. The molecule has 0 atom stereocenters. The number of anilines is 1. The molecule has 0 fully saturated rings. The van der Waals surface area contributed by atoms with Crippen LogP contribution >= 0.6 is 0 Å². The van der Waals surface area contributed by atoms with Crippen molar-refractivity contribution < 1.29 is 28.0 Å². The van der Waals surface area contributed by atoms with Crippen molar-refractivity contribution in [2.45, 2.75) is 11.8 Å². The first-order valence-electron chi connectivity index (χ1n) is 7.30. The number of carboxylic acid groups (broad SMARTS) is 1. The molecule has 10 heteroatoms. The molecule has 0 aliphatic carbocycles. The van der Waals surface area contributed by atoms with Crippen molar-refractivity contribution in [2.24, 2.45) is 0 Å². The lowest BCUT2D eigenvalue weighted by atomic mass is 10.2. The summed E-state index contributed by atoms with van der Waals surface area (Å²) in [4.78, 5) is 21.3. The second-order valence-electron chi connectivity index (χ2n) is 5.31. The Hall–Kier alpha value is -3.14. The van der Waals surface area contributed by atoms with E-state index in [1.807, 2.05) is 0 Å². The summed E-state index contributed by atoms with van der Waals surface area (Å²) in [6.07, 6.45) is 0. The van der Waals surface area contributed by atoms with Gasteiger partial charge in [0.1, 0.15) is 12.3 Å². The minimum absolute atomic E-state index is 0.116. The van der Waals surface area contributed by atoms with Crippen LogP contribution in [0.25, 0.3) is 0 Å². The Morgan fingerprint density at radius 1 is 1.27 bits per heavy atom. The fourth-order valence-corrected chi connectivity index (χ4v) is 3.83. The molecule has 0 radical (unpaired) electrons. The summed E-state index contributed by atoms with van der Waals surface area (Å²) in [7, 11) is -2.82. The Kier molecular flexibility index (Phi) is 5.46. The lowest BCUT2D eigenvalue weighted by molar-refractivity contribution is -0.384. The van der Waals surface area contributed by atoms with Crippen LogP contribution in [0, 0.1) is 17.0 Å². The number of nitrogens with zero attached hydrogens (tertiary/aromatic N) is 2. The zero-order valence-corrected chi connectivity index (χ0v) is 14.8. The van der Waals surface area contributed by atoms with Gasteiger partial charge in [-0.05, 0) is 36.8 Å².